The molecule has 2 N–H and O–H groups in total. The Bertz CT molecular complexity index is 380. The lowest BCUT2D eigenvalue weighted by Gasteiger charge is -2.27. The van der Waals surface area contributed by atoms with Gasteiger partial charge in [-0.25, -0.2) is 0 Å². The van der Waals surface area contributed by atoms with E-state index in [1.165, 1.54) is 0 Å². The summed E-state index contributed by atoms with van der Waals surface area (Å²) >= 11 is 0. The molecule has 2 heterocycles. The SMILES string of the molecule is Cc1c(C(N)=O)nn(C2COC2)c1C. The zero-order chi connectivity index (χ0) is 10.3. The fourth-order valence-electron chi connectivity index (χ4n) is 1.55. The molecule has 1 fully saturated rings. The van der Waals surface area contributed by atoms with Crippen molar-refractivity contribution in [1.29, 1.82) is 0 Å². The van der Waals surface area contributed by atoms with Crippen molar-refractivity contribution < 1.29 is 9.53 Å². The van der Waals surface area contributed by atoms with Gasteiger partial charge in [0.05, 0.1) is 19.3 Å². The summed E-state index contributed by atoms with van der Waals surface area (Å²) in [5, 5.41) is 4.19. The fourth-order valence-corrected chi connectivity index (χ4v) is 1.55. The van der Waals surface area contributed by atoms with Crippen molar-refractivity contribution in [2.45, 2.75) is 19.9 Å². The predicted molar refractivity (Wildman–Crippen MR) is 50.1 cm³/mol. The van der Waals surface area contributed by atoms with Crippen molar-refractivity contribution in [3.8, 4) is 0 Å². The largest absolute Gasteiger partial charge is 0.377 e. The summed E-state index contributed by atoms with van der Waals surface area (Å²) in [5.41, 5.74) is 7.44. The molecule has 0 spiro atoms. The Hall–Kier alpha value is -1.36. The molecular formula is C9H13N3O2. The van der Waals surface area contributed by atoms with E-state index in [0.717, 1.165) is 11.3 Å². The van der Waals surface area contributed by atoms with Crippen LogP contribution in [0.1, 0.15) is 27.8 Å². The highest BCUT2D eigenvalue weighted by atomic mass is 16.5. The first-order chi connectivity index (χ1) is 6.61. The summed E-state index contributed by atoms with van der Waals surface area (Å²) in [6.45, 7) is 5.13. The molecule has 0 aromatic carbocycles. The van der Waals surface area contributed by atoms with Crippen LogP contribution in [0.15, 0.2) is 0 Å². The molecule has 0 atom stereocenters. The maximum Gasteiger partial charge on any atom is 0.269 e. The van der Waals surface area contributed by atoms with Crippen LogP contribution in [-0.4, -0.2) is 28.9 Å². The molecule has 1 amide bonds. The first-order valence-corrected chi connectivity index (χ1v) is 4.54. The fraction of sp³-hybridized carbons (Fsp3) is 0.556. The molecule has 1 aromatic rings. The van der Waals surface area contributed by atoms with Gasteiger partial charge in [0, 0.05) is 11.3 Å². The third kappa shape index (κ3) is 1.21. The van der Waals surface area contributed by atoms with Gasteiger partial charge in [-0.3, -0.25) is 9.48 Å². The summed E-state index contributed by atoms with van der Waals surface area (Å²) in [6.07, 6.45) is 0. The number of nitrogens with zero attached hydrogens (tertiary/aromatic N) is 2. The smallest absolute Gasteiger partial charge is 0.269 e. The van der Waals surface area contributed by atoms with Crippen molar-refractivity contribution in [2.75, 3.05) is 13.2 Å². The summed E-state index contributed by atoms with van der Waals surface area (Å²) in [5.74, 6) is -0.468. The number of nitrogens with two attached hydrogens (primary N) is 1. The van der Waals surface area contributed by atoms with Gasteiger partial charge in [0.1, 0.15) is 0 Å². The second-order valence-corrected chi connectivity index (χ2v) is 3.56. The molecule has 76 valence electrons. The second kappa shape index (κ2) is 3.09. The van der Waals surface area contributed by atoms with Gasteiger partial charge >= 0.3 is 0 Å². The molecule has 0 radical (unpaired) electrons. The van der Waals surface area contributed by atoms with E-state index in [-0.39, 0.29) is 6.04 Å². The minimum Gasteiger partial charge on any atom is -0.377 e. The van der Waals surface area contributed by atoms with Gasteiger partial charge in [-0.05, 0) is 13.8 Å². The molecule has 1 aromatic heterocycles. The lowest BCUT2D eigenvalue weighted by atomic mass is 10.2. The van der Waals surface area contributed by atoms with E-state index >= 15 is 0 Å². The summed E-state index contributed by atoms with van der Waals surface area (Å²) in [6, 6.07) is 0.266. The lowest BCUT2D eigenvalue weighted by Crippen LogP contribution is -2.32. The maximum absolute atomic E-state index is 11.0. The average Bonchev–Trinajstić information content (AvgIpc) is 2.30. The molecular weight excluding hydrogens is 182 g/mol. The molecule has 0 saturated carbocycles. The van der Waals surface area contributed by atoms with Crippen LogP contribution in [0.2, 0.25) is 0 Å². The van der Waals surface area contributed by atoms with Crippen molar-refractivity contribution in [3.63, 3.8) is 0 Å². The summed E-state index contributed by atoms with van der Waals surface area (Å²) < 4.78 is 6.91. The van der Waals surface area contributed by atoms with E-state index in [1.54, 1.807) is 0 Å². The number of hydrogen-bond acceptors (Lipinski definition) is 3. The highest BCUT2D eigenvalue weighted by Gasteiger charge is 2.25. The van der Waals surface area contributed by atoms with Crippen LogP contribution in [-0.2, 0) is 4.74 Å². The second-order valence-electron chi connectivity index (χ2n) is 3.56. The number of amides is 1. The van der Waals surface area contributed by atoms with E-state index in [0.29, 0.717) is 18.9 Å². The van der Waals surface area contributed by atoms with Crippen LogP contribution >= 0.6 is 0 Å². The molecule has 0 aliphatic carbocycles. The number of ether oxygens (including phenoxy) is 1. The van der Waals surface area contributed by atoms with E-state index in [4.69, 9.17) is 10.5 Å². The Morgan fingerprint density at radius 3 is 2.57 bits per heavy atom. The molecule has 1 saturated heterocycles. The third-order valence-electron chi connectivity index (χ3n) is 2.65. The number of aromatic nitrogens is 2. The third-order valence-corrected chi connectivity index (χ3v) is 2.65. The highest BCUT2D eigenvalue weighted by Crippen LogP contribution is 2.21. The van der Waals surface area contributed by atoms with Crippen LogP contribution in [0.3, 0.4) is 0 Å². The molecule has 1 aliphatic heterocycles. The lowest BCUT2D eigenvalue weighted by molar-refractivity contribution is -0.0296. The van der Waals surface area contributed by atoms with E-state index in [9.17, 15) is 4.79 Å². The van der Waals surface area contributed by atoms with Crippen molar-refractivity contribution in [1.82, 2.24) is 9.78 Å². The Labute approximate surface area is 81.8 Å². The Balaban J connectivity index is 2.41. The average molecular weight is 195 g/mol. The molecule has 0 unspecified atom stereocenters. The quantitative estimate of drug-likeness (QED) is 0.731. The van der Waals surface area contributed by atoms with Crippen LogP contribution in [0.25, 0.3) is 0 Å². The molecule has 14 heavy (non-hydrogen) atoms. The van der Waals surface area contributed by atoms with Crippen LogP contribution in [0, 0.1) is 13.8 Å². The Morgan fingerprint density at radius 1 is 1.57 bits per heavy atom. The number of hydrogen-bond donors (Lipinski definition) is 1. The van der Waals surface area contributed by atoms with E-state index in [2.05, 4.69) is 5.10 Å². The van der Waals surface area contributed by atoms with Gasteiger partial charge in [-0.15, -0.1) is 0 Å². The van der Waals surface area contributed by atoms with Crippen molar-refractivity contribution in [3.05, 3.63) is 17.0 Å². The Kier molecular flexibility index (Phi) is 2.03. The summed E-state index contributed by atoms with van der Waals surface area (Å²) in [4.78, 5) is 11.0. The van der Waals surface area contributed by atoms with Crippen LogP contribution in [0.5, 0.6) is 0 Å². The van der Waals surface area contributed by atoms with E-state index < -0.39 is 5.91 Å². The maximum atomic E-state index is 11.0. The molecule has 0 bridgehead atoms. The number of carbonyl (C=O) groups is 1. The number of primary amides is 1. The Morgan fingerprint density at radius 2 is 2.21 bits per heavy atom. The topological polar surface area (TPSA) is 70.1 Å². The monoisotopic (exact) mass is 195 g/mol. The minimum absolute atomic E-state index is 0.266. The molecule has 2 rings (SSSR count). The first kappa shape index (κ1) is 9.21. The van der Waals surface area contributed by atoms with Gasteiger partial charge in [-0.2, -0.15) is 5.10 Å². The zero-order valence-corrected chi connectivity index (χ0v) is 8.28. The van der Waals surface area contributed by atoms with E-state index in [1.807, 2.05) is 18.5 Å². The van der Waals surface area contributed by atoms with Crippen LogP contribution in [0.4, 0.5) is 0 Å². The first-order valence-electron chi connectivity index (χ1n) is 4.54. The van der Waals surface area contributed by atoms with Crippen molar-refractivity contribution >= 4 is 5.91 Å². The van der Waals surface area contributed by atoms with Gasteiger partial charge in [-0.1, -0.05) is 0 Å². The predicted octanol–water partition coefficient (Wildman–Crippen LogP) is 0.170. The van der Waals surface area contributed by atoms with Gasteiger partial charge in [0.25, 0.3) is 5.91 Å². The van der Waals surface area contributed by atoms with Gasteiger partial charge in [0.2, 0.25) is 0 Å². The molecule has 5 heteroatoms. The molecule has 5 nitrogen and oxygen atoms in total. The standard InChI is InChI=1S/C9H13N3O2/c1-5-6(2)12(7-3-14-4-7)11-8(5)9(10)13/h7H,3-4H2,1-2H3,(H2,10,13). The number of rotatable bonds is 2. The van der Waals surface area contributed by atoms with Crippen molar-refractivity contribution in [2.24, 2.45) is 5.73 Å². The summed E-state index contributed by atoms with van der Waals surface area (Å²) in [7, 11) is 0. The highest BCUT2D eigenvalue weighted by molar-refractivity contribution is 5.92. The normalized spacial score (nSPS) is 16.7. The van der Waals surface area contributed by atoms with Gasteiger partial charge in [0.15, 0.2) is 5.69 Å². The van der Waals surface area contributed by atoms with Crippen LogP contribution < -0.4 is 5.73 Å². The number of carbonyl (C=O) groups excluding carboxylic acids is 1. The minimum atomic E-state index is -0.468. The van der Waals surface area contributed by atoms with Gasteiger partial charge < -0.3 is 10.5 Å². The zero-order valence-electron chi connectivity index (χ0n) is 8.28. The molecule has 1 aliphatic rings.